The Kier molecular flexibility index (Phi) is 4.92. The summed E-state index contributed by atoms with van der Waals surface area (Å²) >= 11 is 0. The van der Waals surface area contributed by atoms with Crippen LogP contribution in [0.1, 0.15) is 48.1 Å². The Hall–Kier alpha value is -2.70. The van der Waals surface area contributed by atoms with Crippen LogP contribution in [-0.4, -0.2) is 29.7 Å². The van der Waals surface area contributed by atoms with E-state index in [1.165, 1.54) is 22.4 Å². The molecule has 1 N–H and O–H groups in total. The summed E-state index contributed by atoms with van der Waals surface area (Å²) in [5.41, 5.74) is 6.90. The van der Waals surface area contributed by atoms with Crippen LogP contribution in [-0.2, 0) is 6.54 Å². The Morgan fingerprint density at radius 3 is 2.62 bits per heavy atom. The summed E-state index contributed by atoms with van der Waals surface area (Å²) in [5.74, 6) is 1.16. The van der Waals surface area contributed by atoms with Crippen LogP contribution in [0.25, 0.3) is 5.70 Å². The predicted molar refractivity (Wildman–Crippen MR) is 107 cm³/mol. The van der Waals surface area contributed by atoms with E-state index in [9.17, 15) is 13.2 Å². The van der Waals surface area contributed by atoms with Crippen molar-refractivity contribution in [3.63, 3.8) is 0 Å². The lowest BCUT2D eigenvalue weighted by molar-refractivity contribution is -0.153. The van der Waals surface area contributed by atoms with Crippen LogP contribution in [0.15, 0.2) is 36.0 Å². The first-order chi connectivity index (χ1) is 13.8. The standard InChI is InChI=1S/C22H24F3N3O/c1-13-10-16(6-7-19(13)29-12-22(23,24)25)14(2)28-11-18-17(20(28)15-4-5-15)8-9-27-21(18)26-3/h6-10,14H,4-5,11-12H2,1-3H3,(H,26,27). The average molecular weight is 403 g/mol. The molecular weight excluding hydrogens is 379 g/mol. The van der Waals surface area contributed by atoms with Gasteiger partial charge in [0, 0.05) is 36.6 Å². The van der Waals surface area contributed by atoms with Gasteiger partial charge in [0.2, 0.25) is 0 Å². The number of ether oxygens (including phenoxy) is 1. The van der Waals surface area contributed by atoms with Crippen LogP contribution < -0.4 is 10.1 Å². The van der Waals surface area contributed by atoms with E-state index >= 15 is 0 Å². The lowest BCUT2D eigenvalue weighted by atomic mass is 10.0. The van der Waals surface area contributed by atoms with Crippen LogP contribution in [0.5, 0.6) is 5.75 Å². The van der Waals surface area contributed by atoms with E-state index in [0.29, 0.717) is 5.56 Å². The van der Waals surface area contributed by atoms with Crippen molar-refractivity contribution in [1.82, 2.24) is 9.88 Å². The first-order valence-corrected chi connectivity index (χ1v) is 9.73. The van der Waals surface area contributed by atoms with E-state index in [1.807, 2.05) is 25.4 Å². The van der Waals surface area contributed by atoms with Gasteiger partial charge in [-0.05, 0) is 55.5 Å². The molecule has 2 aliphatic rings. The highest BCUT2D eigenvalue weighted by molar-refractivity contribution is 5.78. The van der Waals surface area contributed by atoms with Crippen LogP contribution in [0.2, 0.25) is 0 Å². The van der Waals surface area contributed by atoms with Crippen molar-refractivity contribution < 1.29 is 17.9 Å². The molecule has 0 spiro atoms. The Bertz CT molecular complexity index is 962. The summed E-state index contributed by atoms with van der Waals surface area (Å²) in [6.07, 6.45) is -0.292. The first-order valence-electron chi connectivity index (χ1n) is 9.73. The van der Waals surface area contributed by atoms with Crippen molar-refractivity contribution in [1.29, 1.82) is 0 Å². The van der Waals surface area contributed by atoms with Gasteiger partial charge in [0.05, 0.1) is 6.04 Å². The summed E-state index contributed by atoms with van der Waals surface area (Å²) in [5, 5.41) is 3.18. The minimum absolute atomic E-state index is 0.0746. The van der Waals surface area contributed by atoms with Crippen LogP contribution in [0, 0.1) is 6.92 Å². The second-order valence-corrected chi connectivity index (χ2v) is 7.62. The lowest BCUT2D eigenvalue weighted by Gasteiger charge is -2.29. The van der Waals surface area contributed by atoms with Crippen molar-refractivity contribution in [2.75, 3.05) is 19.0 Å². The maximum Gasteiger partial charge on any atom is 0.422 e. The second kappa shape index (κ2) is 7.28. The topological polar surface area (TPSA) is 37.4 Å². The quantitative estimate of drug-likeness (QED) is 0.720. The molecule has 0 saturated heterocycles. The molecule has 7 heteroatoms. The summed E-state index contributed by atoms with van der Waals surface area (Å²) < 4.78 is 42.3. The monoisotopic (exact) mass is 403 g/mol. The number of fused-ring (bicyclic) bond motifs is 1. The van der Waals surface area contributed by atoms with Crippen LogP contribution >= 0.6 is 0 Å². The molecule has 4 rings (SSSR count). The average Bonchev–Trinajstić information content (AvgIpc) is 3.44. The van der Waals surface area contributed by atoms with Crippen molar-refractivity contribution >= 4 is 11.5 Å². The smallest absolute Gasteiger partial charge is 0.422 e. The number of halogens is 3. The van der Waals surface area contributed by atoms with E-state index in [4.69, 9.17) is 4.74 Å². The van der Waals surface area contributed by atoms with Crippen LogP contribution in [0.4, 0.5) is 19.0 Å². The molecule has 1 aliphatic carbocycles. The third kappa shape index (κ3) is 3.91. The van der Waals surface area contributed by atoms with Gasteiger partial charge in [-0.15, -0.1) is 0 Å². The van der Waals surface area contributed by atoms with Crippen molar-refractivity contribution in [2.24, 2.45) is 0 Å². The molecule has 1 fully saturated rings. The first kappa shape index (κ1) is 19.6. The number of nitrogens with zero attached hydrogens (tertiary/aromatic N) is 2. The molecule has 1 atom stereocenters. The third-order valence-electron chi connectivity index (χ3n) is 5.54. The molecule has 1 unspecified atom stereocenters. The molecule has 0 bridgehead atoms. The number of pyridine rings is 1. The maximum absolute atomic E-state index is 12.5. The number of aryl methyl sites for hydroxylation is 1. The molecule has 0 radical (unpaired) electrons. The number of benzene rings is 1. The fraction of sp³-hybridized carbons (Fsp3) is 0.409. The molecular formula is C22H24F3N3O. The lowest BCUT2D eigenvalue weighted by Crippen LogP contribution is -2.21. The zero-order chi connectivity index (χ0) is 20.8. The molecule has 1 aromatic carbocycles. The normalized spacial score (nSPS) is 16.7. The highest BCUT2D eigenvalue weighted by Crippen LogP contribution is 2.48. The molecule has 2 aromatic rings. The van der Waals surface area contributed by atoms with Gasteiger partial charge in [0.15, 0.2) is 6.61 Å². The van der Waals surface area contributed by atoms with E-state index < -0.39 is 12.8 Å². The fourth-order valence-corrected chi connectivity index (χ4v) is 3.95. The van der Waals surface area contributed by atoms with Gasteiger partial charge in [0.1, 0.15) is 11.6 Å². The molecule has 0 amide bonds. The molecule has 2 heterocycles. The van der Waals surface area contributed by atoms with E-state index in [0.717, 1.165) is 30.8 Å². The Morgan fingerprint density at radius 2 is 2.00 bits per heavy atom. The highest BCUT2D eigenvalue weighted by Gasteiger charge is 2.35. The van der Waals surface area contributed by atoms with Gasteiger partial charge < -0.3 is 15.0 Å². The summed E-state index contributed by atoms with van der Waals surface area (Å²) in [7, 11) is 1.88. The summed E-state index contributed by atoms with van der Waals surface area (Å²) in [6, 6.07) is 7.57. The van der Waals surface area contributed by atoms with Crippen molar-refractivity contribution in [3.8, 4) is 5.75 Å². The van der Waals surface area contributed by atoms with Crippen molar-refractivity contribution in [2.45, 2.75) is 45.5 Å². The number of rotatable bonds is 5. The largest absolute Gasteiger partial charge is 0.484 e. The minimum Gasteiger partial charge on any atom is -0.484 e. The minimum atomic E-state index is -4.34. The molecule has 1 saturated carbocycles. The summed E-state index contributed by atoms with van der Waals surface area (Å²) in [4.78, 5) is 6.82. The number of hydrogen-bond acceptors (Lipinski definition) is 4. The van der Waals surface area contributed by atoms with Gasteiger partial charge in [-0.3, -0.25) is 0 Å². The number of anilines is 1. The number of alkyl halides is 3. The van der Waals surface area contributed by atoms with E-state index in [2.05, 4.69) is 28.2 Å². The van der Waals surface area contributed by atoms with Gasteiger partial charge in [0.25, 0.3) is 0 Å². The highest BCUT2D eigenvalue weighted by atomic mass is 19.4. The van der Waals surface area contributed by atoms with Gasteiger partial charge in [-0.25, -0.2) is 4.98 Å². The number of aromatic nitrogens is 1. The fourth-order valence-electron chi connectivity index (χ4n) is 3.95. The Morgan fingerprint density at radius 1 is 1.24 bits per heavy atom. The van der Waals surface area contributed by atoms with E-state index in [-0.39, 0.29) is 11.8 Å². The number of hydrogen-bond donors (Lipinski definition) is 1. The van der Waals surface area contributed by atoms with Gasteiger partial charge in [-0.1, -0.05) is 12.1 Å². The number of nitrogens with one attached hydrogen (secondary N) is 1. The third-order valence-corrected chi connectivity index (χ3v) is 5.54. The Balaban J connectivity index is 1.61. The van der Waals surface area contributed by atoms with Crippen LogP contribution in [0.3, 0.4) is 0 Å². The molecule has 29 heavy (non-hydrogen) atoms. The maximum atomic E-state index is 12.5. The van der Waals surface area contributed by atoms with Gasteiger partial charge >= 0.3 is 6.18 Å². The zero-order valence-electron chi connectivity index (χ0n) is 16.7. The second-order valence-electron chi connectivity index (χ2n) is 7.62. The molecule has 1 aliphatic heterocycles. The number of allylic oxidation sites excluding steroid dienone is 1. The van der Waals surface area contributed by atoms with E-state index in [1.54, 1.807) is 13.0 Å². The molecule has 1 aromatic heterocycles. The van der Waals surface area contributed by atoms with Crippen molar-refractivity contribution in [3.05, 3.63) is 58.3 Å². The predicted octanol–water partition coefficient (Wildman–Crippen LogP) is 5.45. The molecule has 4 nitrogen and oxygen atoms in total. The summed E-state index contributed by atoms with van der Waals surface area (Å²) in [6.45, 7) is 3.39. The molecule has 154 valence electrons. The SMILES string of the molecule is CNc1nccc2c1CN(C(C)c1ccc(OCC(F)(F)F)c(C)c1)C2=C1CC1. The zero-order valence-corrected chi connectivity index (χ0v) is 16.7. The van der Waals surface area contributed by atoms with Gasteiger partial charge in [-0.2, -0.15) is 13.2 Å². The Labute approximate surface area is 168 Å².